The van der Waals surface area contributed by atoms with Crippen molar-refractivity contribution in [1.82, 2.24) is 0 Å². The summed E-state index contributed by atoms with van der Waals surface area (Å²) >= 11 is 4.54. The minimum absolute atomic E-state index is 0.381. The zero-order valence-corrected chi connectivity index (χ0v) is 8.14. The average Bonchev–Trinajstić information content (AvgIpc) is 2.17. The number of rotatable bonds is 4. The number of nitrogen functional groups attached to an aromatic ring is 1. The lowest BCUT2D eigenvalue weighted by Crippen LogP contribution is -1.97. The lowest BCUT2D eigenvalue weighted by molar-refractivity contribution is 0.315. The van der Waals surface area contributed by atoms with Crippen LogP contribution in [-0.4, -0.2) is 12.7 Å². The van der Waals surface area contributed by atoms with E-state index in [1.165, 1.54) is 5.55 Å². The van der Waals surface area contributed by atoms with Gasteiger partial charge in [0.2, 0.25) is 0 Å². The second kappa shape index (κ2) is 4.67. The quantitative estimate of drug-likeness (QED) is 0.590. The third kappa shape index (κ3) is 2.59. The molecule has 0 aliphatic rings. The number of benzene rings is 1. The van der Waals surface area contributed by atoms with Crippen molar-refractivity contribution < 1.29 is 9.47 Å². The van der Waals surface area contributed by atoms with Crippen molar-refractivity contribution in [3.63, 3.8) is 0 Å². The largest absolute Gasteiger partial charge is 0.497 e. The Balaban J connectivity index is 2.83. The number of hydrogen-bond donors (Lipinski definition) is 1. The topological polar surface area (TPSA) is 44.5 Å². The summed E-state index contributed by atoms with van der Waals surface area (Å²) in [5.41, 5.74) is 8.48. The molecular formula is C9H11NO2S. The highest BCUT2D eigenvalue weighted by Gasteiger charge is 2.00. The second-order valence-corrected chi connectivity index (χ2v) is 2.66. The van der Waals surface area contributed by atoms with E-state index in [4.69, 9.17) is 15.2 Å². The predicted molar refractivity (Wildman–Crippen MR) is 55.9 cm³/mol. The molecule has 0 heterocycles. The van der Waals surface area contributed by atoms with Crippen LogP contribution in [0.5, 0.6) is 5.75 Å². The van der Waals surface area contributed by atoms with Crippen molar-refractivity contribution in [3.8, 4) is 5.75 Å². The average molecular weight is 197 g/mol. The molecule has 1 rings (SSSR count). The van der Waals surface area contributed by atoms with E-state index in [1.54, 1.807) is 19.2 Å². The smallest absolute Gasteiger partial charge is 0.146 e. The maximum absolute atomic E-state index is 5.70. The van der Waals surface area contributed by atoms with Gasteiger partial charge in [0.25, 0.3) is 0 Å². The summed E-state index contributed by atoms with van der Waals surface area (Å²) in [5, 5.41) is 0. The molecule has 1 aromatic rings. The zero-order valence-electron chi connectivity index (χ0n) is 7.32. The molecular weight excluding hydrogens is 186 g/mol. The van der Waals surface area contributed by atoms with E-state index in [9.17, 15) is 0 Å². The van der Waals surface area contributed by atoms with E-state index in [-0.39, 0.29) is 0 Å². The molecule has 0 saturated heterocycles. The van der Waals surface area contributed by atoms with Crippen molar-refractivity contribution in [2.45, 2.75) is 6.61 Å². The molecule has 70 valence electrons. The molecule has 0 amide bonds. The fourth-order valence-electron chi connectivity index (χ4n) is 0.958. The minimum atomic E-state index is 0.381. The van der Waals surface area contributed by atoms with Crippen LogP contribution in [-0.2, 0) is 11.3 Å². The summed E-state index contributed by atoms with van der Waals surface area (Å²) in [4.78, 5) is 0. The fourth-order valence-corrected chi connectivity index (χ4v) is 1.03. The Morgan fingerprint density at radius 2 is 2.31 bits per heavy atom. The van der Waals surface area contributed by atoms with E-state index >= 15 is 0 Å². The summed E-state index contributed by atoms with van der Waals surface area (Å²) < 4.78 is 10.00. The molecule has 0 spiro atoms. The van der Waals surface area contributed by atoms with Gasteiger partial charge in [-0.05, 0) is 30.4 Å². The highest BCUT2D eigenvalue weighted by molar-refractivity contribution is 7.78. The van der Waals surface area contributed by atoms with Gasteiger partial charge < -0.3 is 15.2 Å². The molecule has 1 aromatic carbocycles. The molecule has 0 unspecified atom stereocenters. The van der Waals surface area contributed by atoms with Crippen molar-refractivity contribution >= 4 is 23.5 Å². The van der Waals surface area contributed by atoms with E-state index in [0.29, 0.717) is 12.3 Å². The first-order valence-corrected chi connectivity index (χ1v) is 4.22. The van der Waals surface area contributed by atoms with Gasteiger partial charge in [0.05, 0.1) is 7.11 Å². The summed E-state index contributed by atoms with van der Waals surface area (Å²) in [6, 6.07) is 5.41. The Morgan fingerprint density at radius 3 is 2.92 bits per heavy atom. The molecule has 2 N–H and O–H groups in total. The van der Waals surface area contributed by atoms with Crippen LogP contribution in [0.4, 0.5) is 5.69 Å². The van der Waals surface area contributed by atoms with Crippen LogP contribution in [0.1, 0.15) is 5.56 Å². The molecule has 0 bridgehead atoms. The van der Waals surface area contributed by atoms with E-state index in [1.807, 2.05) is 6.07 Å². The number of anilines is 1. The second-order valence-electron chi connectivity index (χ2n) is 2.47. The molecule has 0 atom stereocenters. The van der Waals surface area contributed by atoms with Crippen molar-refractivity contribution in [2.24, 2.45) is 0 Å². The molecule has 0 fully saturated rings. The Morgan fingerprint density at radius 1 is 1.54 bits per heavy atom. The van der Waals surface area contributed by atoms with Crippen molar-refractivity contribution in [2.75, 3.05) is 12.8 Å². The fraction of sp³-hybridized carbons (Fsp3) is 0.222. The van der Waals surface area contributed by atoms with Crippen LogP contribution in [0.15, 0.2) is 18.2 Å². The highest BCUT2D eigenvalue weighted by Crippen LogP contribution is 2.19. The standard InChI is InChI=1S/C9H11NO2S/c1-11-8-2-3-9(10)7(4-8)5-12-6-13/h2-4,6H,5,10H2,1H3. The maximum Gasteiger partial charge on any atom is 0.146 e. The van der Waals surface area contributed by atoms with E-state index in [2.05, 4.69) is 12.2 Å². The van der Waals surface area contributed by atoms with Gasteiger partial charge in [-0.25, -0.2) is 0 Å². The monoisotopic (exact) mass is 197 g/mol. The van der Waals surface area contributed by atoms with Crippen LogP contribution in [0.3, 0.4) is 0 Å². The Labute approximate surface area is 82.5 Å². The lowest BCUT2D eigenvalue weighted by Gasteiger charge is -2.06. The maximum atomic E-state index is 5.70. The van der Waals surface area contributed by atoms with Gasteiger partial charge in [-0.15, -0.1) is 0 Å². The normalized spacial score (nSPS) is 9.31. The zero-order chi connectivity index (χ0) is 9.68. The van der Waals surface area contributed by atoms with Gasteiger partial charge in [0.1, 0.15) is 17.9 Å². The van der Waals surface area contributed by atoms with Gasteiger partial charge in [0, 0.05) is 11.3 Å². The summed E-state index contributed by atoms with van der Waals surface area (Å²) in [5.74, 6) is 0.761. The number of nitrogens with two attached hydrogens (primary N) is 1. The number of methoxy groups -OCH3 is 1. The summed E-state index contributed by atoms with van der Waals surface area (Å²) in [6.45, 7) is 0.381. The molecule has 4 heteroatoms. The Bertz CT molecular complexity index is 302. The first-order valence-electron chi connectivity index (χ1n) is 3.75. The number of thiocarbonyl (C=S) groups is 1. The molecule has 13 heavy (non-hydrogen) atoms. The van der Waals surface area contributed by atoms with Crippen LogP contribution in [0.2, 0.25) is 0 Å². The third-order valence-electron chi connectivity index (χ3n) is 1.66. The third-order valence-corrected chi connectivity index (χ3v) is 1.79. The molecule has 3 nitrogen and oxygen atoms in total. The Kier molecular flexibility index (Phi) is 3.52. The summed E-state index contributed by atoms with van der Waals surface area (Å²) in [6.07, 6.45) is 0. The van der Waals surface area contributed by atoms with Crippen molar-refractivity contribution in [1.29, 1.82) is 0 Å². The van der Waals surface area contributed by atoms with Gasteiger partial charge >= 0.3 is 0 Å². The molecule has 0 radical (unpaired) electrons. The van der Waals surface area contributed by atoms with Crippen LogP contribution in [0, 0.1) is 0 Å². The Hall–Kier alpha value is -1.29. The number of hydrogen-bond acceptors (Lipinski definition) is 4. The summed E-state index contributed by atoms with van der Waals surface area (Å²) in [7, 11) is 1.61. The predicted octanol–water partition coefficient (Wildman–Crippen LogP) is 1.75. The van der Waals surface area contributed by atoms with Gasteiger partial charge in [-0.2, -0.15) is 0 Å². The van der Waals surface area contributed by atoms with Crippen LogP contribution < -0.4 is 10.5 Å². The molecule has 0 saturated carbocycles. The van der Waals surface area contributed by atoms with Crippen LogP contribution >= 0.6 is 12.2 Å². The van der Waals surface area contributed by atoms with Crippen LogP contribution in [0.25, 0.3) is 0 Å². The number of ether oxygens (including phenoxy) is 2. The van der Waals surface area contributed by atoms with Gasteiger partial charge in [0.15, 0.2) is 0 Å². The van der Waals surface area contributed by atoms with Gasteiger partial charge in [-0.3, -0.25) is 0 Å². The van der Waals surface area contributed by atoms with E-state index in [0.717, 1.165) is 11.3 Å². The first-order chi connectivity index (χ1) is 6.27. The lowest BCUT2D eigenvalue weighted by atomic mass is 10.2. The molecule has 0 aliphatic carbocycles. The molecule has 0 aliphatic heterocycles. The van der Waals surface area contributed by atoms with E-state index < -0.39 is 0 Å². The molecule has 0 aromatic heterocycles. The van der Waals surface area contributed by atoms with Crippen molar-refractivity contribution in [3.05, 3.63) is 23.8 Å². The van der Waals surface area contributed by atoms with Gasteiger partial charge in [-0.1, -0.05) is 0 Å². The minimum Gasteiger partial charge on any atom is -0.497 e. The first kappa shape index (κ1) is 9.80. The SMILES string of the molecule is COc1ccc(N)c(COC=S)c1. The highest BCUT2D eigenvalue weighted by atomic mass is 32.1.